The summed E-state index contributed by atoms with van der Waals surface area (Å²) in [4.78, 5) is 0. The van der Waals surface area contributed by atoms with Gasteiger partial charge in [-0.25, -0.2) is 4.39 Å². The second kappa shape index (κ2) is 5.48. The fraction of sp³-hybridized carbons (Fsp3) is 0.571. The summed E-state index contributed by atoms with van der Waals surface area (Å²) >= 11 is 9.18. The molecular formula is C14H18BrClFN. The predicted molar refractivity (Wildman–Crippen MR) is 77.2 cm³/mol. The number of benzene rings is 1. The first-order valence-corrected chi connectivity index (χ1v) is 7.58. The molecule has 1 aliphatic rings. The molecule has 1 aromatic carbocycles. The van der Waals surface area contributed by atoms with Crippen molar-refractivity contribution in [3.8, 4) is 0 Å². The van der Waals surface area contributed by atoms with E-state index in [9.17, 15) is 4.39 Å². The van der Waals surface area contributed by atoms with E-state index < -0.39 is 0 Å². The minimum Gasteiger partial charge on any atom is -0.323 e. The van der Waals surface area contributed by atoms with Gasteiger partial charge in [0.15, 0.2) is 0 Å². The minimum absolute atomic E-state index is 0.0397. The number of rotatable bonds is 3. The van der Waals surface area contributed by atoms with Gasteiger partial charge < -0.3 is 5.73 Å². The molecule has 1 saturated carbocycles. The maximum atomic E-state index is 14.2. The number of hydrogen-bond donors (Lipinski definition) is 1. The molecule has 1 aromatic rings. The van der Waals surface area contributed by atoms with Gasteiger partial charge in [0.25, 0.3) is 0 Å². The van der Waals surface area contributed by atoms with Gasteiger partial charge in [0.1, 0.15) is 5.82 Å². The lowest BCUT2D eigenvalue weighted by Crippen LogP contribution is -2.32. The molecule has 1 fully saturated rings. The molecule has 1 aliphatic carbocycles. The normalized spacial score (nSPS) is 20.1. The van der Waals surface area contributed by atoms with E-state index in [2.05, 4.69) is 22.9 Å². The van der Waals surface area contributed by atoms with Crippen LogP contribution in [0.1, 0.15) is 50.6 Å². The molecule has 0 heterocycles. The van der Waals surface area contributed by atoms with Gasteiger partial charge in [0.2, 0.25) is 0 Å². The third kappa shape index (κ3) is 2.33. The zero-order valence-electron chi connectivity index (χ0n) is 10.5. The van der Waals surface area contributed by atoms with Crippen molar-refractivity contribution in [3.63, 3.8) is 0 Å². The lowest BCUT2D eigenvalue weighted by molar-refractivity contribution is 0.218. The molecule has 0 aromatic heterocycles. The first-order chi connectivity index (χ1) is 8.52. The van der Waals surface area contributed by atoms with Gasteiger partial charge >= 0.3 is 0 Å². The zero-order valence-corrected chi connectivity index (χ0v) is 12.8. The molecule has 4 heteroatoms. The molecule has 0 spiro atoms. The number of nitrogens with two attached hydrogens (primary N) is 1. The van der Waals surface area contributed by atoms with Crippen molar-refractivity contribution in [2.45, 2.75) is 45.1 Å². The molecular weight excluding hydrogens is 317 g/mol. The Morgan fingerprint density at radius 3 is 2.61 bits per heavy atom. The van der Waals surface area contributed by atoms with Crippen LogP contribution in [-0.4, -0.2) is 0 Å². The van der Waals surface area contributed by atoms with Gasteiger partial charge in [-0.05, 0) is 46.7 Å². The summed E-state index contributed by atoms with van der Waals surface area (Å²) < 4.78 is 14.8. The Morgan fingerprint density at radius 1 is 1.44 bits per heavy atom. The van der Waals surface area contributed by atoms with E-state index in [1.165, 1.54) is 12.8 Å². The highest BCUT2D eigenvalue weighted by Gasteiger charge is 2.39. The lowest BCUT2D eigenvalue weighted by atomic mass is 9.74. The van der Waals surface area contributed by atoms with Crippen LogP contribution >= 0.6 is 27.5 Å². The van der Waals surface area contributed by atoms with Crippen LogP contribution in [0.4, 0.5) is 4.39 Å². The highest BCUT2D eigenvalue weighted by atomic mass is 79.9. The smallest absolute Gasteiger partial charge is 0.147 e. The number of hydrogen-bond acceptors (Lipinski definition) is 1. The predicted octanol–water partition coefficient (Wildman–Crippen LogP) is 5.21. The Hall–Kier alpha value is -0.120. The average molecular weight is 335 g/mol. The SMILES string of the molecule is CCC1(C(N)c2ccc(Br)c(Cl)c2F)CCCC1. The second-order valence-electron chi connectivity index (χ2n) is 5.17. The summed E-state index contributed by atoms with van der Waals surface area (Å²) in [5.41, 5.74) is 6.94. The molecule has 0 aliphatic heterocycles. The first kappa shape index (κ1) is 14.3. The Balaban J connectivity index is 2.39. The van der Waals surface area contributed by atoms with Gasteiger partial charge in [-0.15, -0.1) is 0 Å². The highest BCUT2D eigenvalue weighted by molar-refractivity contribution is 9.10. The van der Waals surface area contributed by atoms with Gasteiger partial charge in [0.05, 0.1) is 5.02 Å². The van der Waals surface area contributed by atoms with Crippen molar-refractivity contribution < 1.29 is 4.39 Å². The molecule has 0 saturated heterocycles. The quantitative estimate of drug-likeness (QED) is 0.754. The molecule has 100 valence electrons. The summed E-state index contributed by atoms with van der Waals surface area (Å²) in [5.74, 6) is -0.377. The van der Waals surface area contributed by atoms with Crippen LogP contribution in [0.3, 0.4) is 0 Å². The van der Waals surface area contributed by atoms with Crippen molar-refractivity contribution in [2.75, 3.05) is 0 Å². The lowest BCUT2D eigenvalue weighted by Gasteiger charge is -2.35. The average Bonchev–Trinajstić information content (AvgIpc) is 2.85. The number of halogens is 3. The zero-order chi connectivity index (χ0) is 13.3. The van der Waals surface area contributed by atoms with Gasteiger partial charge in [-0.2, -0.15) is 0 Å². The molecule has 2 rings (SSSR count). The Morgan fingerprint density at radius 2 is 2.06 bits per heavy atom. The minimum atomic E-state index is -0.377. The molecule has 1 atom stereocenters. The summed E-state index contributed by atoms with van der Waals surface area (Å²) in [5, 5.41) is 0.132. The Labute approximate surface area is 121 Å². The van der Waals surface area contributed by atoms with Crippen molar-refractivity contribution in [1.82, 2.24) is 0 Å². The third-order valence-electron chi connectivity index (χ3n) is 4.36. The van der Waals surface area contributed by atoms with Crippen molar-refractivity contribution in [2.24, 2.45) is 11.1 Å². The highest BCUT2D eigenvalue weighted by Crippen LogP contribution is 2.49. The topological polar surface area (TPSA) is 26.0 Å². The van der Waals surface area contributed by atoms with Crippen molar-refractivity contribution in [3.05, 3.63) is 33.0 Å². The maximum Gasteiger partial charge on any atom is 0.147 e. The van der Waals surface area contributed by atoms with Gasteiger partial charge in [-0.1, -0.05) is 37.4 Å². The summed E-state index contributed by atoms with van der Waals surface area (Å²) in [7, 11) is 0. The first-order valence-electron chi connectivity index (χ1n) is 6.41. The fourth-order valence-electron chi connectivity index (χ4n) is 3.07. The van der Waals surface area contributed by atoms with E-state index in [1.54, 1.807) is 12.1 Å². The van der Waals surface area contributed by atoms with Crippen molar-refractivity contribution in [1.29, 1.82) is 0 Å². The van der Waals surface area contributed by atoms with Crippen molar-refractivity contribution >= 4 is 27.5 Å². The van der Waals surface area contributed by atoms with E-state index >= 15 is 0 Å². The largest absolute Gasteiger partial charge is 0.323 e. The summed E-state index contributed by atoms with van der Waals surface area (Å²) in [6.45, 7) is 2.14. The fourth-order valence-corrected chi connectivity index (χ4v) is 3.55. The van der Waals surface area contributed by atoms with Crippen LogP contribution < -0.4 is 5.73 Å². The molecule has 0 amide bonds. The standard InChI is InChI=1S/C14H18BrClFN/c1-2-14(7-3-4-8-14)13(18)9-5-6-10(15)11(16)12(9)17/h5-6,13H,2-4,7-8,18H2,1H3. The van der Waals surface area contributed by atoms with E-state index in [4.69, 9.17) is 17.3 Å². The van der Waals surface area contributed by atoms with E-state index in [-0.39, 0.29) is 22.3 Å². The van der Waals surface area contributed by atoms with Crippen LogP contribution in [0, 0.1) is 11.2 Å². The Bertz CT molecular complexity index is 444. The molecule has 18 heavy (non-hydrogen) atoms. The van der Waals surface area contributed by atoms with Crippen LogP contribution in [-0.2, 0) is 0 Å². The molecule has 1 nitrogen and oxygen atoms in total. The summed E-state index contributed by atoms with van der Waals surface area (Å²) in [6, 6.07) is 3.26. The van der Waals surface area contributed by atoms with Gasteiger partial charge in [-0.3, -0.25) is 0 Å². The monoisotopic (exact) mass is 333 g/mol. The Kier molecular flexibility index (Phi) is 4.35. The van der Waals surface area contributed by atoms with Crippen LogP contribution in [0.25, 0.3) is 0 Å². The van der Waals surface area contributed by atoms with Gasteiger partial charge in [0, 0.05) is 16.1 Å². The maximum absolute atomic E-state index is 14.2. The molecule has 2 N–H and O–H groups in total. The molecule has 0 bridgehead atoms. The summed E-state index contributed by atoms with van der Waals surface area (Å²) in [6.07, 6.45) is 5.53. The van der Waals surface area contributed by atoms with Crippen LogP contribution in [0.5, 0.6) is 0 Å². The second-order valence-corrected chi connectivity index (χ2v) is 6.40. The third-order valence-corrected chi connectivity index (χ3v) is 5.62. The van der Waals surface area contributed by atoms with Crippen LogP contribution in [0.2, 0.25) is 5.02 Å². The van der Waals surface area contributed by atoms with E-state index in [0.717, 1.165) is 19.3 Å². The van der Waals surface area contributed by atoms with Crippen LogP contribution in [0.15, 0.2) is 16.6 Å². The molecule has 0 radical (unpaired) electrons. The van der Waals surface area contributed by atoms with E-state index in [0.29, 0.717) is 10.0 Å². The molecule has 1 unspecified atom stereocenters. The van der Waals surface area contributed by atoms with E-state index in [1.807, 2.05) is 0 Å².